The molecule has 0 bridgehead atoms. The Kier molecular flexibility index (Phi) is 14.8. The lowest BCUT2D eigenvalue weighted by Gasteiger charge is -2.40. The van der Waals surface area contributed by atoms with E-state index in [-0.39, 0.29) is 37.9 Å². The number of amides is 2. The molecule has 1 saturated carbocycles. The van der Waals surface area contributed by atoms with Crippen LogP contribution in [-0.4, -0.2) is 119 Å². The predicted octanol–water partition coefficient (Wildman–Crippen LogP) is 5.36. The van der Waals surface area contributed by atoms with E-state index in [1.54, 1.807) is 22.8 Å². The number of rotatable bonds is 7. The van der Waals surface area contributed by atoms with E-state index in [4.69, 9.17) is 14.2 Å². The molecule has 5 atom stereocenters. The third kappa shape index (κ3) is 11.6. The molecular formula is C37H59N3O8. The quantitative estimate of drug-likeness (QED) is 0.0917. The van der Waals surface area contributed by atoms with E-state index in [9.17, 15) is 24.6 Å². The number of hydrogen-bond donors (Lipinski definition) is 2. The molecule has 11 nitrogen and oxygen atoms in total. The van der Waals surface area contributed by atoms with Gasteiger partial charge in [-0.05, 0) is 70.4 Å². The number of aliphatic hydroxyl groups excluding tert-OH is 1. The minimum Gasteiger partial charge on any atom is -0.457 e. The average Bonchev–Trinajstić information content (AvgIpc) is 3.48. The minimum absolute atomic E-state index is 0.133. The highest BCUT2D eigenvalue weighted by Crippen LogP contribution is 2.28. The van der Waals surface area contributed by atoms with E-state index >= 15 is 0 Å². The summed E-state index contributed by atoms with van der Waals surface area (Å²) in [6.07, 6.45) is 16.0. The number of piperazine rings is 1. The molecule has 48 heavy (non-hydrogen) atoms. The van der Waals surface area contributed by atoms with Crippen molar-refractivity contribution in [2.45, 2.75) is 128 Å². The van der Waals surface area contributed by atoms with Crippen LogP contribution in [-0.2, 0) is 19.0 Å². The molecule has 3 heterocycles. The summed E-state index contributed by atoms with van der Waals surface area (Å²) in [4.78, 5) is 44.2. The van der Waals surface area contributed by atoms with Crippen molar-refractivity contribution in [2.24, 2.45) is 5.92 Å². The number of allylic oxidation sites excluding steroid dienone is 2. The molecule has 0 aromatic carbocycles. The van der Waals surface area contributed by atoms with Crippen LogP contribution in [0, 0.1) is 5.92 Å². The molecule has 2 saturated heterocycles. The van der Waals surface area contributed by atoms with Gasteiger partial charge < -0.3 is 34.2 Å². The van der Waals surface area contributed by atoms with Gasteiger partial charge in [-0.25, -0.2) is 9.59 Å². The molecule has 11 heteroatoms. The summed E-state index contributed by atoms with van der Waals surface area (Å²) in [7, 11) is 0. The molecule has 1 aliphatic carbocycles. The lowest BCUT2D eigenvalue weighted by Crippen LogP contribution is -2.53. The van der Waals surface area contributed by atoms with Gasteiger partial charge in [-0.15, -0.1) is 0 Å². The number of hydrogen-bond acceptors (Lipinski definition) is 9. The summed E-state index contributed by atoms with van der Waals surface area (Å²) in [6, 6.07) is 0.591. The summed E-state index contributed by atoms with van der Waals surface area (Å²) in [5, 5.41) is 22.1. The number of ether oxygens (including phenoxy) is 3. The Labute approximate surface area is 286 Å². The van der Waals surface area contributed by atoms with Crippen LogP contribution in [0.15, 0.2) is 36.0 Å². The first-order chi connectivity index (χ1) is 23.0. The number of aliphatic hydroxyl groups is 2. The number of esters is 1. The number of likely N-dealkylation sites (tertiary alicyclic amines) is 1. The zero-order chi connectivity index (χ0) is 34.5. The van der Waals surface area contributed by atoms with Gasteiger partial charge in [-0.3, -0.25) is 9.69 Å². The Morgan fingerprint density at radius 3 is 2.31 bits per heavy atom. The van der Waals surface area contributed by atoms with Crippen molar-refractivity contribution in [2.75, 3.05) is 45.9 Å². The van der Waals surface area contributed by atoms with Crippen molar-refractivity contribution < 1.29 is 38.8 Å². The highest BCUT2D eigenvalue weighted by atomic mass is 16.6. The van der Waals surface area contributed by atoms with Crippen LogP contribution in [0.25, 0.3) is 0 Å². The van der Waals surface area contributed by atoms with Crippen molar-refractivity contribution in [1.82, 2.24) is 14.7 Å². The van der Waals surface area contributed by atoms with Crippen LogP contribution in [0.4, 0.5) is 9.59 Å². The average molecular weight is 674 g/mol. The fourth-order valence-corrected chi connectivity index (χ4v) is 7.14. The summed E-state index contributed by atoms with van der Waals surface area (Å²) < 4.78 is 17.2. The van der Waals surface area contributed by atoms with Crippen molar-refractivity contribution in [3.05, 3.63) is 36.0 Å². The van der Waals surface area contributed by atoms with Crippen molar-refractivity contribution in [3.63, 3.8) is 0 Å². The molecule has 0 aromatic rings. The first-order valence-corrected chi connectivity index (χ1v) is 18.3. The number of carbonyl (C=O) groups is 3. The Morgan fingerprint density at radius 1 is 0.958 bits per heavy atom. The maximum Gasteiger partial charge on any atom is 0.410 e. The number of carbonyl (C=O) groups excluding carboxylic acids is 3. The summed E-state index contributed by atoms with van der Waals surface area (Å²) in [5.41, 5.74) is -0.677. The van der Waals surface area contributed by atoms with Crippen LogP contribution in [0.5, 0.6) is 0 Å². The zero-order valence-corrected chi connectivity index (χ0v) is 29.4. The van der Waals surface area contributed by atoms with E-state index in [0.717, 1.165) is 44.6 Å². The van der Waals surface area contributed by atoms with E-state index in [2.05, 4.69) is 4.90 Å². The second-order valence-corrected chi connectivity index (χ2v) is 14.3. The first kappa shape index (κ1) is 37.9. The molecule has 0 radical (unpaired) electrons. The monoisotopic (exact) mass is 673 g/mol. The molecule has 0 unspecified atom stereocenters. The molecule has 270 valence electrons. The zero-order valence-electron chi connectivity index (χ0n) is 29.4. The third-order valence-electron chi connectivity index (χ3n) is 10.3. The molecule has 3 aliphatic heterocycles. The maximum absolute atomic E-state index is 13.4. The Hall–Kier alpha value is -2.89. The highest BCUT2D eigenvalue weighted by Gasteiger charge is 2.37. The van der Waals surface area contributed by atoms with E-state index in [0.29, 0.717) is 25.6 Å². The molecule has 3 fully saturated rings. The molecule has 4 rings (SSSR count). The van der Waals surface area contributed by atoms with Crippen molar-refractivity contribution in [1.29, 1.82) is 0 Å². The van der Waals surface area contributed by atoms with Gasteiger partial charge in [0.15, 0.2) is 6.10 Å². The normalized spacial score (nSPS) is 31.4. The summed E-state index contributed by atoms with van der Waals surface area (Å²) in [5.74, 6) is -0.846. The minimum atomic E-state index is -1.46. The number of cyclic esters (lactones) is 1. The first-order valence-electron chi connectivity index (χ1n) is 18.3. The van der Waals surface area contributed by atoms with Crippen LogP contribution in [0.2, 0.25) is 0 Å². The third-order valence-corrected chi connectivity index (χ3v) is 10.3. The second kappa shape index (κ2) is 18.8. The highest BCUT2D eigenvalue weighted by molar-refractivity contribution is 5.70. The van der Waals surface area contributed by atoms with E-state index < -0.39 is 36.0 Å². The molecule has 2 amide bonds. The Balaban J connectivity index is 1.37. The van der Waals surface area contributed by atoms with Gasteiger partial charge in [0.1, 0.15) is 11.7 Å². The maximum atomic E-state index is 13.4. The van der Waals surface area contributed by atoms with Crippen LogP contribution >= 0.6 is 0 Å². The number of nitrogens with zero attached hydrogens (tertiary/aromatic N) is 3. The fourth-order valence-electron chi connectivity index (χ4n) is 7.14. The lowest BCUT2D eigenvalue weighted by atomic mass is 9.89. The predicted molar refractivity (Wildman–Crippen MR) is 183 cm³/mol. The van der Waals surface area contributed by atoms with Gasteiger partial charge in [0.2, 0.25) is 0 Å². The summed E-state index contributed by atoms with van der Waals surface area (Å²) in [6.45, 7) is 9.95. The Morgan fingerprint density at radius 2 is 1.62 bits per heavy atom. The fraction of sp³-hybridized carbons (Fsp3) is 0.757. The van der Waals surface area contributed by atoms with Crippen LogP contribution < -0.4 is 0 Å². The molecule has 2 N–H and O–H groups in total. The van der Waals surface area contributed by atoms with Gasteiger partial charge in [0, 0.05) is 51.2 Å². The standard InChI is InChI=1S/C37H59N3O8/c1-28(13-7-6-12-26-46-35(43)39-20-10-11-21-39)34-29(2)16-17-32(37(3,45)19-18-31(41)27-33(42)48-34)47-36(44)40-24-22-38(23-25-40)30-14-8-4-5-9-15-30/h6-7,13,16-17,29-32,34,41,45H,4-5,8-12,14-15,18-27H2,1-3H3/b7-6+,17-16-,28-13+/t29-,31+,32+,34-,37+/m0/s1. The lowest BCUT2D eigenvalue weighted by molar-refractivity contribution is -0.151. The molecule has 4 aliphatic rings. The molecular weight excluding hydrogens is 614 g/mol. The molecule has 0 aromatic heterocycles. The van der Waals surface area contributed by atoms with Crippen LogP contribution in [0.3, 0.4) is 0 Å². The largest absolute Gasteiger partial charge is 0.457 e. The Bertz CT molecular complexity index is 1130. The van der Waals surface area contributed by atoms with Crippen molar-refractivity contribution >= 4 is 18.2 Å². The van der Waals surface area contributed by atoms with Gasteiger partial charge in [-0.2, -0.15) is 0 Å². The van der Waals surface area contributed by atoms with Gasteiger partial charge >= 0.3 is 18.2 Å². The van der Waals surface area contributed by atoms with Crippen LogP contribution in [0.1, 0.15) is 97.8 Å². The van der Waals surface area contributed by atoms with Gasteiger partial charge in [0.05, 0.1) is 19.1 Å². The van der Waals surface area contributed by atoms with Crippen molar-refractivity contribution in [3.8, 4) is 0 Å². The SMILES string of the molecule is C/C(=C\C=C\CCOC(=O)N1CCCC1)[C@@H]1OC(=O)C[C@H](O)CC[C@@](C)(O)[C@H](OC(=O)N2CCN(C3CCCCCC3)CC2)/C=C\[C@@H]1C. The van der Waals surface area contributed by atoms with E-state index in [1.165, 1.54) is 38.5 Å². The smallest absolute Gasteiger partial charge is 0.410 e. The summed E-state index contributed by atoms with van der Waals surface area (Å²) >= 11 is 0. The topological polar surface area (TPSA) is 129 Å². The van der Waals surface area contributed by atoms with Gasteiger partial charge in [-0.1, -0.05) is 56.9 Å². The molecule has 0 spiro atoms. The van der Waals surface area contributed by atoms with Gasteiger partial charge in [0.25, 0.3) is 0 Å². The van der Waals surface area contributed by atoms with E-state index in [1.807, 2.05) is 38.2 Å². The second-order valence-electron chi connectivity index (χ2n) is 14.3.